The SMILES string of the molecule is Cc1cc(C)c(S(=O)(=O)OON)c(C)c1. The number of benzene rings is 1. The standard InChI is InChI=1S/C9H13NO4S/c1-6-4-7(2)9(8(3)5-6)15(11,12)14-13-10/h4-5H,10H2,1-3H3. The highest BCUT2D eigenvalue weighted by Gasteiger charge is 2.21. The van der Waals surface area contributed by atoms with Crippen molar-refractivity contribution < 1.29 is 17.7 Å². The maximum atomic E-state index is 11.6. The Morgan fingerprint density at radius 2 is 1.60 bits per heavy atom. The van der Waals surface area contributed by atoms with E-state index in [2.05, 4.69) is 15.2 Å². The van der Waals surface area contributed by atoms with Gasteiger partial charge >= 0.3 is 10.1 Å². The molecule has 0 spiro atoms. The highest BCUT2D eigenvalue weighted by Crippen LogP contribution is 2.23. The average molecular weight is 231 g/mol. The zero-order chi connectivity index (χ0) is 11.6. The Kier molecular flexibility index (Phi) is 3.46. The van der Waals surface area contributed by atoms with Gasteiger partial charge in [0.2, 0.25) is 0 Å². The third-order valence-corrected chi connectivity index (χ3v) is 3.39. The second kappa shape index (κ2) is 4.28. The molecule has 0 aliphatic carbocycles. The lowest BCUT2D eigenvalue weighted by Crippen LogP contribution is -2.13. The van der Waals surface area contributed by atoms with Crippen molar-refractivity contribution in [2.75, 3.05) is 0 Å². The molecule has 5 nitrogen and oxygen atoms in total. The molecule has 15 heavy (non-hydrogen) atoms. The molecule has 6 heteroatoms. The van der Waals surface area contributed by atoms with Crippen LogP contribution in [0.3, 0.4) is 0 Å². The van der Waals surface area contributed by atoms with Gasteiger partial charge in [-0.15, -0.1) is 4.99 Å². The minimum Gasteiger partial charge on any atom is -0.191 e. The first-order chi connectivity index (χ1) is 6.88. The summed E-state index contributed by atoms with van der Waals surface area (Å²) in [5, 5.41) is 0. The molecule has 84 valence electrons. The summed E-state index contributed by atoms with van der Waals surface area (Å²) in [5.74, 6) is 4.58. The fourth-order valence-electron chi connectivity index (χ4n) is 1.65. The van der Waals surface area contributed by atoms with Crippen LogP contribution in [-0.2, 0) is 19.4 Å². The Hall–Kier alpha value is -0.950. The van der Waals surface area contributed by atoms with Crippen LogP contribution in [-0.4, -0.2) is 8.42 Å². The van der Waals surface area contributed by atoms with Gasteiger partial charge in [-0.25, -0.2) is 0 Å². The molecule has 2 N–H and O–H groups in total. The Morgan fingerprint density at radius 3 is 2.00 bits per heavy atom. The van der Waals surface area contributed by atoms with Crippen molar-refractivity contribution in [3.63, 3.8) is 0 Å². The molecule has 0 saturated carbocycles. The van der Waals surface area contributed by atoms with Crippen LogP contribution in [0.15, 0.2) is 17.0 Å². The summed E-state index contributed by atoms with van der Waals surface area (Å²) in [5.41, 5.74) is 2.19. The quantitative estimate of drug-likeness (QED) is 0.623. The monoisotopic (exact) mass is 231 g/mol. The average Bonchev–Trinajstić information content (AvgIpc) is 1.99. The highest BCUT2D eigenvalue weighted by atomic mass is 32.2. The molecule has 0 aliphatic rings. The molecule has 1 aromatic rings. The normalized spacial score (nSPS) is 11.7. The molecule has 0 amide bonds. The lowest BCUT2D eigenvalue weighted by molar-refractivity contribution is -0.206. The van der Waals surface area contributed by atoms with Crippen LogP contribution >= 0.6 is 0 Å². The van der Waals surface area contributed by atoms with E-state index in [-0.39, 0.29) is 4.90 Å². The van der Waals surface area contributed by atoms with E-state index in [1.807, 2.05) is 6.92 Å². The molecule has 1 aromatic carbocycles. The zero-order valence-corrected chi connectivity index (χ0v) is 9.59. The smallest absolute Gasteiger partial charge is 0.191 e. The van der Waals surface area contributed by atoms with Gasteiger partial charge in [-0.05, 0) is 31.9 Å². The topological polar surface area (TPSA) is 78.6 Å². The first-order valence-corrected chi connectivity index (χ1v) is 5.67. The zero-order valence-electron chi connectivity index (χ0n) is 8.77. The summed E-state index contributed by atoms with van der Waals surface area (Å²) < 4.78 is 27.2. The Morgan fingerprint density at radius 1 is 1.13 bits per heavy atom. The Balaban J connectivity index is 3.38. The highest BCUT2D eigenvalue weighted by molar-refractivity contribution is 7.86. The van der Waals surface area contributed by atoms with Crippen molar-refractivity contribution in [2.45, 2.75) is 25.7 Å². The van der Waals surface area contributed by atoms with Gasteiger partial charge in [-0.2, -0.15) is 14.3 Å². The summed E-state index contributed by atoms with van der Waals surface area (Å²) in [7, 11) is -3.94. The third-order valence-electron chi connectivity index (χ3n) is 1.98. The van der Waals surface area contributed by atoms with E-state index in [0.717, 1.165) is 5.56 Å². The van der Waals surface area contributed by atoms with Gasteiger partial charge in [-0.3, -0.25) is 0 Å². The van der Waals surface area contributed by atoms with Crippen LogP contribution in [0.25, 0.3) is 0 Å². The second-order valence-electron chi connectivity index (χ2n) is 3.35. The second-order valence-corrected chi connectivity index (χ2v) is 4.80. The van der Waals surface area contributed by atoms with Crippen LogP contribution in [0.5, 0.6) is 0 Å². The molecule has 0 heterocycles. The molecule has 0 fully saturated rings. The molecule has 0 saturated heterocycles. The van der Waals surface area contributed by atoms with Crippen LogP contribution in [0.1, 0.15) is 16.7 Å². The van der Waals surface area contributed by atoms with Crippen molar-refractivity contribution in [2.24, 2.45) is 5.90 Å². The van der Waals surface area contributed by atoms with Gasteiger partial charge in [0.25, 0.3) is 0 Å². The van der Waals surface area contributed by atoms with Crippen LogP contribution in [0, 0.1) is 20.8 Å². The lowest BCUT2D eigenvalue weighted by Gasteiger charge is -2.09. The maximum absolute atomic E-state index is 11.6. The minimum atomic E-state index is -3.94. The van der Waals surface area contributed by atoms with E-state index in [1.54, 1.807) is 26.0 Å². The molecule has 0 atom stereocenters. The van der Waals surface area contributed by atoms with E-state index < -0.39 is 10.1 Å². The van der Waals surface area contributed by atoms with Crippen molar-refractivity contribution in [3.8, 4) is 0 Å². The van der Waals surface area contributed by atoms with Crippen molar-refractivity contribution in [3.05, 3.63) is 28.8 Å². The number of rotatable bonds is 3. The Bertz CT molecular complexity index is 444. The maximum Gasteiger partial charge on any atom is 0.325 e. The van der Waals surface area contributed by atoms with E-state index in [9.17, 15) is 8.42 Å². The lowest BCUT2D eigenvalue weighted by atomic mass is 10.1. The van der Waals surface area contributed by atoms with Gasteiger partial charge in [0.1, 0.15) is 4.90 Å². The van der Waals surface area contributed by atoms with Crippen LogP contribution < -0.4 is 5.90 Å². The largest absolute Gasteiger partial charge is 0.325 e. The van der Waals surface area contributed by atoms with Gasteiger partial charge in [0, 0.05) is 0 Å². The minimum absolute atomic E-state index is 0.0959. The first kappa shape index (κ1) is 12.1. The predicted molar refractivity (Wildman–Crippen MR) is 54.2 cm³/mol. The van der Waals surface area contributed by atoms with E-state index in [1.165, 1.54) is 0 Å². The number of hydrogen-bond donors (Lipinski definition) is 1. The van der Waals surface area contributed by atoms with Gasteiger partial charge in [0.05, 0.1) is 0 Å². The molecule has 0 unspecified atom stereocenters. The van der Waals surface area contributed by atoms with E-state index in [4.69, 9.17) is 0 Å². The number of hydrogen-bond acceptors (Lipinski definition) is 5. The molecular weight excluding hydrogens is 218 g/mol. The van der Waals surface area contributed by atoms with Gasteiger partial charge in [-0.1, -0.05) is 22.0 Å². The summed E-state index contributed by atoms with van der Waals surface area (Å²) in [6.07, 6.45) is 0. The fourth-order valence-corrected chi connectivity index (χ4v) is 2.72. The van der Waals surface area contributed by atoms with Gasteiger partial charge < -0.3 is 0 Å². The molecule has 1 rings (SSSR count). The number of aryl methyl sites for hydroxylation is 3. The summed E-state index contributed by atoms with van der Waals surface area (Å²) in [6, 6.07) is 3.50. The van der Waals surface area contributed by atoms with Gasteiger partial charge in [0.15, 0.2) is 0 Å². The first-order valence-electron chi connectivity index (χ1n) is 4.26. The Labute approximate surface area is 88.8 Å². The summed E-state index contributed by atoms with van der Waals surface area (Å²) >= 11 is 0. The van der Waals surface area contributed by atoms with Crippen LogP contribution in [0.2, 0.25) is 0 Å². The third kappa shape index (κ3) is 2.54. The molecular formula is C9H13NO4S. The summed E-state index contributed by atoms with van der Waals surface area (Å²) in [6.45, 7) is 5.26. The van der Waals surface area contributed by atoms with E-state index in [0.29, 0.717) is 11.1 Å². The molecule has 0 bridgehead atoms. The van der Waals surface area contributed by atoms with Crippen LogP contribution in [0.4, 0.5) is 0 Å². The molecule has 0 aliphatic heterocycles. The van der Waals surface area contributed by atoms with Crippen molar-refractivity contribution in [1.29, 1.82) is 0 Å². The molecule has 0 radical (unpaired) electrons. The fraction of sp³-hybridized carbons (Fsp3) is 0.333. The predicted octanol–water partition coefficient (Wildman–Crippen LogP) is 1.12. The van der Waals surface area contributed by atoms with E-state index >= 15 is 0 Å². The summed E-state index contributed by atoms with van der Waals surface area (Å²) in [4.78, 5) is 3.81. The van der Waals surface area contributed by atoms with Crippen molar-refractivity contribution >= 4 is 10.1 Å². The molecule has 0 aromatic heterocycles. The van der Waals surface area contributed by atoms with Crippen molar-refractivity contribution in [1.82, 2.24) is 0 Å². The number of nitrogens with two attached hydrogens (primary N) is 1.